The first-order valence-corrected chi connectivity index (χ1v) is 7.83. The molecule has 0 saturated carbocycles. The van der Waals surface area contributed by atoms with E-state index in [0.717, 1.165) is 17.1 Å². The first kappa shape index (κ1) is 15.5. The van der Waals surface area contributed by atoms with Crippen molar-refractivity contribution >= 4 is 22.9 Å². The van der Waals surface area contributed by atoms with Crippen LogP contribution in [0.5, 0.6) is 0 Å². The standard InChI is InChI=1S/C16H21N3OS/c1-16(2,3)13-10-21-14(19-13)7-8-18-15(20)11-5-4-6-12(17)9-11/h4-6,9-10H,7-8,17H2,1-3H3,(H,18,20). The summed E-state index contributed by atoms with van der Waals surface area (Å²) in [6, 6.07) is 6.98. The molecule has 0 aliphatic carbocycles. The molecule has 0 aliphatic heterocycles. The normalized spacial score (nSPS) is 11.4. The van der Waals surface area contributed by atoms with Crippen molar-refractivity contribution in [2.24, 2.45) is 0 Å². The van der Waals surface area contributed by atoms with Gasteiger partial charge in [0.15, 0.2) is 0 Å². The Morgan fingerprint density at radius 3 is 2.76 bits per heavy atom. The molecule has 1 aromatic heterocycles. The zero-order chi connectivity index (χ0) is 15.5. The van der Waals surface area contributed by atoms with Crippen molar-refractivity contribution in [3.63, 3.8) is 0 Å². The van der Waals surface area contributed by atoms with Crippen LogP contribution in [0.25, 0.3) is 0 Å². The van der Waals surface area contributed by atoms with Gasteiger partial charge in [0.2, 0.25) is 0 Å². The number of anilines is 1. The fourth-order valence-electron chi connectivity index (χ4n) is 1.84. The minimum absolute atomic E-state index is 0.0690. The number of carbonyl (C=O) groups is 1. The summed E-state index contributed by atoms with van der Waals surface area (Å²) in [5.41, 5.74) is 8.02. The number of hydrogen-bond acceptors (Lipinski definition) is 4. The number of aromatic nitrogens is 1. The number of nitrogens with one attached hydrogen (secondary N) is 1. The van der Waals surface area contributed by atoms with E-state index in [1.165, 1.54) is 0 Å². The number of rotatable bonds is 4. The Labute approximate surface area is 129 Å². The van der Waals surface area contributed by atoms with E-state index in [-0.39, 0.29) is 11.3 Å². The van der Waals surface area contributed by atoms with Crippen molar-refractivity contribution in [1.29, 1.82) is 0 Å². The highest BCUT2D eigenvalue weighted by atomic mass is 32.1. The molecule has 5 heteroatoms. The summed E-state index contributed by atoms with van der Waals surface area (Å²) in [7, 11) is 0. The lowest BCUT2D eigenvalue weighted by atomic mass is 9.93. The second-order valence-electron chi connectivity index (χ2n) is 6.01. The molecule has 0 aliphatic rings. The third-order valence-electron chi connectivity index (χ3n) is 3.09. The molecule has 4 nitrogen and oxygen atoms in total. The molecule has 0 unspecified atom stereocenters. The highest BCUT2D eigenvalue weighted by Crippen LogP contribution is 2.23. The molecule has 0 saturated heterocycles. The highest BCUT2D eigenvalue weighted by Gasteiger charge is 2.17. The second-order valence-corrected chi connectivity index (χ2v) is 6.95. The van der Waals surface area contributed by atoms with Crippen LogP contribution in [0.2, 0.25) is 0 Å². The number of benzene rings is 1. The topological polar surface area (TPSA) is 68.0 Å². The lowest BCUT2D eigenvalue weighted by Crippen LogP contribution is -2.25. The molecule has 1 heterocycles. The average Bonchev–Trinajstić information content (AvgIpc) is 2.87. The molecule has 1 aromatic carbocycles. The van der Waals surface area contributed by atoms with Gasteiger partial charge in [-0.25, -0.2) is 4.98 Å². The van der Waals surface area contributed by atoms with Crippen LogP contribution in [0.3, 0.4) is 0 Å². The van der Waals surface area contributed by atoms with E-state index in [1.54, 1.807) is 35.6 Å². The minimum Gasteiger partial charge on any atom is -0.399 e. The Balaban J connectivity index is 1.87. The number of nitrogens with two attached hydrogens (primary N) is 1. The molecule has 0 bridgehead atoms. The van der Waals surface area contributed by atoms with Crippen molar-refractivity contribution in [1.82, 2.24) is 10.3 Å². The van der Waals surface area contributed by atoms with E-state index in [1.807, 2.05) is 0 Å². The van der Waals surface area contributed by atoms with Crippen LogP contribution in [0.4, 0.5) is 5.69 Å². The Morgan fingerprint density at radius 2 is 2.14 bits per heavy atom. The fraction of sp³-hybridized carbons (Fsp3) is 0.375. The van der Waals surface area contributed by atoms with Crippen molar-refractivity contribution in [2.45, 2.75) is 32.6 Å². The zero-order valence-corrected chi connectivity index (χ0v) is 13.5. The van der Waals surface area contributed by atoms with Crippen molar-refractivity contribution in [3.8, 4) is 0 Å². The Bertz CT molecular complexity index is 628. The van der Waals surface area contributed by atoms with Gasteiger partial charge in [-0.1, -0.05) is 26.8 Å². The molecule has 0 atom stereocenters. The number of amides is 1. The highest BCUT2D eigenvalue weighted by molar-refractivity contribution is 7.09. The summed E-state index contributed by atoms with van der Waals surface area (Å²) in [5, 5.41) is 6.04. The summed E-state index contributed by atoms with van der Waals surface area (Å²) in [6.45, 7) is 7.01. The number of hydrogen-bond donors (Lipinski definition) is 2. The van der Waals surface area contributed by atoms with Gasteiger partial charge in [0, 0.05) is 35.0 Å². The van der Waals surface area contributed by atoms with E-state index in [2.05, 4.69) is 36.5 Å². The molecule has 3 N–H and O–H groups in total. The fourth-order valence-corrected chi connectivity index (χ4v) is 2.86. The van der Waals surface area contributed by atoms with Gasteiger partial charge in [-0.15, -0.1) is 11.3 Å². The third-order valence-corrected chi connectivity index (χ3v) is 4.00. The summed E-state index contributed by atoms with van der Waals surface area (Å²) in [4.78, 5) is 16.6. The molecule has 2 aromatic rings. The molecule has 21 heavy (non-hydrogen) atoms. The Morgan fingerprint density at radius 1 is 1.38 bits per heavy atom. The van der Waals surface area contributed by atoms with Crippen LogP contribution in [0.1, 0.15) is 41.8 Å². The van der Waals surface area contributed by atoms with E-state index in [9.17, 15) is 4.79 Å². The molecule has 2 rings (SSSR count). The minimum atomic E-state index is -0.102. The molecule has 0 spiro atoms. The number of nitrogens with zero attached hydrogens (tertiary/aromatic N) is 1. The lowest BCUT2D eigenvalue weighted by molar-refractivity contribution is 0.0954. The van der Waals surface area contributed by atoms with E-state index < -0.39 is 0 Å². The molecular weight excluding hydrogens is 282 g/mol. The Hall–Kier alpha value is -1.88. The van der Waals surface area contributed by atoms with E-state index in [4.69, 9.17) is 5.73 Å². The summed E-state index contributed by atoms with van der Waals surface area (Å²) < 4.78 is 0. The number of nitrogen functional groups attached to an aromatic ring is 1. The maximum absolute atomic E-state index is 12.0. The van der Waals surface area contributed by atoms with Gasteiger partial charge in [-0.3, -0.25) is 4.79 Å². The van der Waals surface area contributed by atoms with E-state index >= 15 is 0 Å². The maximum Gasteiger partial charge on any atom is 0.251 e. The monoisotopic (exact) mass is 303 g/mol. The molecule has 0 radical (unpaired) electrons. The smallest absolute Gasteiger partial charge is 0.251 e. The van der Waals surface area contributed by atoms with Crippen LogP contribution in [0, 0.1) is 0 Å². The first-order chi connectivity index (χ1) is 9.86. The van der Waals surface area contributed by atoms with Gasteiger partial charge < -0.3 is 11.1 Å². The summed E-state index contributed by atoms with van der Waals surface area (Å²) >= 11 is 1.64. The van der Waals surface area contributed by atoms with Crippen LogP contribution >= 0.6 is 11.3 Å². The van der Waals surface area contributed by atoms with Gasteiger partial charge in [-0.05, 0) is 18.2 Å². The van der Waals surface area contributed by atoms with Crippen LogP contribution < -0.4 is 11.1 Å². The van der Waals surface area contributed by atoms with Gasteiger partial charge >= 0.3 is 0 Å². The van der Waals surface area contributed by atoms with Crippen molar-refractivity contribution in [2.75, 3.05) is 12.3 Å². The predicted octanol–water partition coefficient (Wildman–Crippen LogP) is 3.00. The number of carbonyl (C=O) groups excluding carboxylic acids is 1. The van der Waals surface area contributed by atoms with Crippen LogP contribution in [-0.4, -0.2) is 17.4 Å². The largest absolute Gasteiger partial charge is 0.399 e. The van der Waals surface area contributed by atoms with Gasteiger partial charge in [0.1, 0.15) is 0 Å². The number of thiazole rings is 1. The van der Waals surface area contributed by atoms with Crippen molar-refractivity contribution < 1.29 is 4.79 Å². The molecule has 0 fully saturated rings. The second kappa shape index (κ2) is 6.26. The Kier molecular flexibility index (Phi) is 4.63. The van der Waals surface area contributed by atoms with E-state index in [0.29, 0.717) is 17.8 Å². The maximum atomic E-state index is 12.0. The lowest BCUT2D eigenvalue weighted by Gasteiger charge is -2.14. The predicted molar refractivity (Wildman–Crippen MR) is 87.7 cm³/mol. The molecular formula is C16H21N3OS. The summed E-state index contributed by atoms with van der Waals surface area (Å²) in [5.74, 6) is -0.102. The zero-order valence-electron chi connectivity index (χ0n) is 12.6. The van der Waals surface area contributed by atoms with Gasteiger partial charge in [0.25, 0.3) is 5.91 Å². The SMILES string of the molecule is CC(C)(C)c1csc(CCNC(=O)c2cccc(N)c2)n1. The molecule has 1 amide bonds. The summed E-state index contributed by atoms with van der Waals surface area (Å²) in [6.07, 6.45) is 0.745. The average molecular weight is 303 g/mol. The van der Waals surface area contributed by atoms with Gasteiger partial charge in [-0.2, -0.15) is 0 Å². The first-order valence-electron chi connectivity index (χ1n) is 6.95. The molecule has 112 valence electrons. The third kappa shape index (κ3) is 4.29. The van der Waals surface area contributed by atoms with Crippen LogP contribution in [-0.2, 0) is 11.8 Å². The van der Waals surface area contributed by atoms with Crippen molar-refractivity contribution in [3.05, 3.63) is 45.9 Å². The van der Waals surface area contributed by atoms with Gasteiger partial charge in [0.05, 0.1) is 10.7 Å². The quantitative estimate of drug-likeness (QED) is 0.853. The van der Waals surface area contributed by atoms with Crippen LogP contribution in [0.15, 0.2) is 29.6 Å².